The van der Waals surface area contributed by atoms with Crippen molar-refractivity contribution in [3.05, 3.63) is 52.8 Å². The Balaban J connectivity index is 2.26. The van der Waals surface area contributed by atoms with Crippen LogP contribution in [0.2, 0.25) is 0 Å². The highest BCUT2D eigenvalue weighted by Gasteiger charge is 2.25. The number of aromatic hydroxyl groups is 1. The van der Waals surface area contributed by atoms with E-state index >= 15 is 0 Å². The van der Waals surface area contributed by atoms with Crippen molar-refractivity contribution < 1.29 is 15.0 Å². The third-order valence-electron chi connectivity index (χ3n) is 2.76. The average Bonchev–Trinajstić information content (AvgIpc) is 2.57. The predicted molar refractivity (Wildman–Crippen MR) is 59.8 cm³/mol. The van der Waals surface area contributed by atoms with Crippen molar-refractivity contribution in [1.29, 1.82) is 0 Å². The molecule has 0 saturated heterocycles. The fourth-order valence-electron chi connectivity index (χ4n) is 2.05. The topological polar surface area (TPSA) is 57.5 Å². The van der Waals surface area contributed by atoms with Crippen LogP contribution in [-0.2, 0) is 4.79 Å². The quantitative estimate of drug-likeness (QED) is 0.693. The number of benzene rings is 1. The maximum atomic E-state index is 11.3. The van der Waals surface area contributed by atoms with Gasteiger partial charge in [0.15, 0.2) is 5.78 Å². The van der Waals surface area contributed by atoms with Gasteiger partial charge in [0.2, 0.25) is 0 Å². The second kappa shape index (κ2) is 2.85. The molecule has 0 aliphatic heterocycles. The summed E-state index contributed by atoms with van der Waals surface area (Å²) in [4.78, 5) is 11.3. The highest BCUT2D eigenvalue weighted by Crippen LogP contribution is 2.41. The van der Waals surface area contributed by atoms with E-state index in [1.54, 1.807) is 24.3 Å². The van der Waals surface area contributed by atoms with Crippen molar-refractivity contribution in [3.8, 4) is 5.75 Å². The molecule has 0 spiro atoms. The van der Waals surface area contributed by atoms with E-state index < -0.39 is 0 Å². The van der Waals surface area contributed by atoms with Crippen LogP contribution in [0.5, 0.6) is 5.75 Å². The predicted octanol–water partition coefficient (Wildman–Crippen LogP) is 2.20. The lowest BCUT2D eigenvalue weighted by atomic mass is 9.96. The summed E-state index contributed by atoms with van der Waals surface area (Å²) in [5, 5.41) is 19.1. The van der Waals surface area contributed by atoms with E-state index in [-0.39, 0.29) is 17.3 Å². The summed E-state index contributed by atoms with van der Waals surface area (Å²) in [6.45, 7) is 0. The SMILES string of the molecule is O=C1C=C(O)C2=Cc3ccc(O)cc3C2=C1. The zero-order valence-electron chi connectivity index (χ0n) is 8.27. The number of hydrogen-bond donors (Lipinski definition) is 2. The minimum Gasteiger partial charge on any atom is -0.508 e. The number of fused-ring (bicyclic) bond motifs is 3. The van der Waals surface area contributed by atoms with Gasteiger partial charge in [0.1, 0.15) is 11.5 Å². The van der Waals surface area contributed by atoms with Crippen LogP contribution in [0.1, 0.15) is 11.1 Å². The van der Waals surface area contributed by atoms with E-state index in [0.29, 0.717) is 11.1 Å². The van der Waals surface area contributed by atoms with Crippen molar-refractivity contribution in [3.63, 3.8) is 0 Å². The molecule has 3 heteroatoms. The molecule has 2 aliphatic rings. The molecule has 0 radical (unpaired) electrons. The third-order valence-corrected chi connectivity index (χ3v) is 2.76. The van der Waals surface area contributed by atoms with Crippen molar-refractivity contribution in [2.45, 2.75) is 0 Å². The van der Waals surface area contributed by atoms with Gasteiger partial charge in [-0.3, -0.25) is 4.79 Å². The van der Waals surface area contributed by atoms with Gasteiger partial charge >= 0.3 is 0 Å². The second-order valence-electron chi connectivity index (χ2n) is 3.82. The van der Waals surface area contributed by atoms with Crippen LogP contribution in [0.15, 0.2) is 41.7 Å². The summed E-state index contributed by atoms with van der Waals surface area (Å²) in [7, 11) is 0. The Morgan fingerprint density at radius 2 is 1.75 bits per heavy atom. The van der Waals surface area contributed by atoms with Gasteiger partial charge in [-0.1, -0.05) is 6.07 Å². The van der Waals surface area contributed by atoms with Gasteiger partial charge in [0, 0.05) is 11.6 Å². The molecule has 0 fully saturated rings. The smallest absolute Gasteiger partial charge is 0.182 e. The van der Waals surface area contributed by atoms with E-state index in [4.69, 9.17) is 0 Å². The van der Waals surface area contributed by atoms with Gasteiger partial charge in [-0.05, 0) is 41.0 Å². The number of ketones is 1. The Morgan fingerprint density at radius 3 is 2.56 bits per heavy atom. The zero-order chi connectivity index (χ0) is 11.3. The van der Waals surface area contributed by atoms with Gasteiger partial charge < -0.3 is 10.2 Å². The molecule has 0 heterocycles. The minimum absolute atomic E-state index is 0.0156. The van der Waals surface area contributed by atoms with Crippen LogP contribution in [0, 0.1) is 0 Å². The van der Waals surface area contributed by atoms with Gasteiger partial charge in [0.25, 0.3) is 0 Å². The fourth-order valence-corrected chi connectivity index (χ4v) is 2.05. The molecule has 1 aromatic rings. The molecular formula is C13H8O3. The zero-order valence-corrected chi connectivity index (χ0v) is 8.27. The Bertz CT molecular complexity index is 604. The second-order valence-corrected chi connectivity index (χ2v) is 3.82. The van der Waals surface area contributed by atoms with E-state index in [0.717, 1.165) is 11.1 Å². The molecule has 0 saturated carbocycles. The van der Waals surface area contributed by atoms with Gasteiger partial charge in [0.05, 0.1) is 0 Å². The molecule has 3 rings (SSSR count). The van der Waals surface area contributed by atoms with Crippen LogP contribution in [-0.4, -0.2) is 16.0 Å². The van der Waals surface area contributed by atoms with Crippen LogP contribution >= 0.6 is 0 Å². The van der Waals surface area contributed by atoms with Gasteiger partial charge in [-0.2, -0.15) is 0 Å². The number of rotatable bonds is 0. The van der Waals surface area contributed by atoms with E-state index in [2.05, 4.69) is 0 Å². The lowest BCUT2D eigenvalue weighted by Crippen LogP contribution is -2.02. The van der Waals surface area contributed by atoms with Crippen LogP contribution in [0.4, 0.5) is 0 Å². The van der Waals surface area contributed by atoms with E-state index in [1.165, 1.54) is 12.2 Å². The first-order valence-electron chi connectivity index (χ1n) is 4.87. The number of hydrogen-bond acceptors (Lipinski definition) is 3. The molecule has 0 bridgehead atoms. The van der Waals surface area contributed by atoms with Crippen molar-refractivity contribution in [2.75, 3.05) is 0 Å². The highest BCUT2D eigenvalue weighted by molar-refractivity contribution is 6.14. The van der Waals surface area contributed by atoms with E-state index in [1.807, 2.05) is 0 Å². The number of aliphatic hydroxyl groups excluding tert-OH is 1. The molecule has 0 aromatic heterocycles. The summed E-state index contributed by atoms with van der Waals surface area (Å²) < 4.78 is 0. The summed E-state index contributed by atoms with van der Waals surface area (Å²) >= 11 is 0. The summed E-state index contributed by atoms with van der Waals surface area (Å²) in [6, 6.07) is 4.93. The maximum Gasteiger partial charge on any atom is 0.182 e. The highest BCUT2D eigenvalue weighted by atomic mass is 16.3. The summed E-state index contributed by atoms with van der Waals surface area (Å²) in [5.74, 6) is -0.102. The number of phenols is 1. The number of allylic oxidation sites excluding steroid dienone is 3. The molecule has 2 aliphatic carbocycles. The molecule has 78 valence electrons. The molecule has 0 amide bonds. The van der Waals surface area contributed by atoms with Crippen molar-refractivity contribution >= 4 is 17.4 Å². The summed E-state index contributed by atoms with van der Waals surface area (Å²) in [6.07, 6.45) is 4.47. The summed E-state index contributed by atoms with van der Waals surface area (Å²) in [5.41, 5.74) is 2.99. The minimum atomic E-state index is -0.235. The lowest BCUT2D eigenvalue weighted by molar-refractivity contribution is -0.110. The molecule has 2 N–H and O–H groups in total. The average molecular weight is 212 g/mol. The maximum absolute atomic E-state index is 11.3. The number of carbonyl (C=O) groups is 1. The van der Waals surface area contributed by atoms with Crippen LogP contribution in [0.3, 0.4) is 0 Å². The van der Waals surface area contributed by atoms with Gasteiger partial charge in [-0.25, -0.2) is 0 Å². The first-order chi connectivity index (χ1) is 7.65. The Kier molecular flexibility index (Phi) is 1.60. The van der Waals surface area contributed by atoms with Crippen LogP contribution in [0.25, 0.3) is 11.6 Å². The molecule has 3 nitrogen and oxygen atoms in total. The lowest BCUT2D eigenvalue weighted by Gasteiger charge is -2.10. The largest absolute Gasteiger partial charge is 0.508 e. The Hall–Kier alpha value is -2.29. The number of carbonyl (C=O) groups excluding carboxylic acids is 1. The molecular weight excluding hydrogens is 204 g/mol. The first kappa shape index (κ1) is 8.97. The van der Waals surface area contributed by atoms with Crippen molar-refractivity contribution in [2.24, 2.45) is 0 Å². The molecule has 1 aromatic carbocycles. The third kappa shape index (κ3) is 1.11. The number of aliphatic hydroxyl groups is 1. The normalized spacial score (nSPS) is 17.2. The van der Waals surface area contributed by atoms with Crippen molar-refractivity contribution in [1.82, 2.24) is 0 Å². The monoisotopic (exact) mass is 212 g/mol. The number of phenolic OH excluding ortho intramolecular Hbond substituents is 1. The Morgan fingerprint density at radius 1 is 0.938 bits per heavy atom. The molecule has 16 heavy (non-hydrogen) atoms. The first-order valence-corrected chi connectivity index (χ1v) is 4.87. The molecule has 0 unspecified atom stereocenters. The standard InChI is InChI=1S/C13H8O3/c14-8-2-1-7-3-12-11(10(7)4-8)5-9(15)6-13(12)16/h1-6,14,16H. The van der Waals surface area contributed by atoms with E-state index in [9.17, 15) is 15.0 Å². The Labute approximate surface area is 91.7 Å². The van der Waals surface area contributed by atoms with Gasteiger partial charge in [-0.15, -0.1) is 0 Å². The fraction of sp³-hybridized carbons (Fsp3) is 0. The molecule has 0 atom stereocenters. The van der Waals surface area contributed by atoms with Crippen LogP contribution < -0.4 is 0 Å².